The van der Waals surface area contributed by atoms with E-state index < -0.39 is 35.9 Å². The summed E-state index contributed by atoms with van der Waals surface area (Å²) in [6.45, 7) is 8.34. The maximum atomic E-state index is 14.7. The zero-order valence-corrected chi connectivity index (χ0v) is 25.4. The SMILES string of the molecule is Cc1ccn(-c2cc(C(=O)OC(C)(C)C)ccc2[C@@H](Oc2cc(N3CCC4(CC3)CNC(C(=O)O)C4)nc(N)n2)C(F)(F)F)n1. The molecule has 1 aromatic carbocycles. The van der Waals surface area contributed by atoms with Crippen molar-refractivity contribution in [1.82, 2.24) is 25.1 Å². The smallest absolute Gasteiger partial charge is 0.429 e. The predicted octanol–water partition coefficient (Wildman–Crippen LogP) is 4.22. The molecule has 5 rings (SSSR count). The van der Waals surface area contributed by atoms with Crippen molar-refractivity contribution in [3.05, 3.63) is 53.3 Å². The molecule has 0 saturated carbocycles. The number of aryl methyl sites for hydroxylation is 1. The van der Waals surface area contributed by atoms with Gasteiger partial charge < -0.3 is 30.5 Å². The number of hydrogen-bond acceptors (Lipinski definition) is 10. The number of aliphatic carboxylic acids is 1. The number of ether oxygens (including phenoxy) is 2. The molecule has 12 nitrogen and oxygen atoms in total. The average Bonchev–Trinajstić information content (AvgIpc) is 3.57. The number of esters is 1. The maximum absolute atomic E-state index is 14.7. The number of benzene rings is 1. The topological polar surface area (TPSA) is 158 Å². The van der Waals surface area contributed by atoms with Gasteiger partial charge in [0.05, 0.1) is 16.9 Å². The molecule has 2 saturated heterocycles. The average molecular weight is 632 g/mol. The Morgan fingerprint density at radius 1 is 1.13 bits per heavy atom. The largest absolute Gasteiger partial charge is 0.480 e. The molecule has 0 bridgehead atoms. The first-order valence-corrected chi connectivity index (χ1v) is 14.5. The van der Waals surface area contributed by atoms with E-state index >= 15 is 0 Å². The van der Waals surface area contributed by atoms with Crippen LogP contribution in [0.2, 0.25) is 0 Å². The van der Waals surface area contributed by atoms with Gasteiger partial charge in [-0.05, 0) is 70.6 Å². The fourth-order valence-electron chi connectivity index (χ4n) is 5.74. The number of nitrogen functional groups attached to an aromatic ring is 1. The highest BCUT2D eigenvalue weighted by atomic mass is 19.4. The lowest BCUT2D eigenvalue weighted by Crippen LogP contribution is -2.41. The Balaban J connectivity index is 1.44. The molecule has 0 amide bonds. The third-order valence-electron chi connectivity index (χ3n) is 7.97. The number of carbonyl (C=O) groups excluding carboxylic acids is 1. The highest BCUT2D eigenvalue weighted by Crippen LogP contribution is 2.42. The van der Waals surface area contributed by atoms with Crippen LogP contribution in [0.15, 0.2) is 36.5 Å². The van der Waals surface area contributed by atoms with Gasteiger partial charge in [0, 0.05) is 37.5 Å². The summed E-state index contributed by atoms with van der Waals surface area (Å²) < 4.78 is 56.3. The summed E-state index contributed by atoms with van der Waals surface area (Å²) in [6, 6.07) is 6.04. The van der Waals surface area contributed by atoms with Crippen LogP contribution in [0.5, 0.6) is 5.88 Å². The van der Waals surface area contributed by atoms with Crippen LogP contribution in [-0.2, 0) is 9.53 Å². The molecule has 2 aliphatic heterocycles. The highest BCUT2D eigenvalue weighted by Gasteiger charge is 2.46. The third kappa shape index (κ3) is 7.30. The van der Waals surface area contributed by atoms with Crippen molar-refractivity contribution in [3.8, 4) is 11.6 Å². The summed E-state index contributed by atoms with van der Waals surface area (Å²) in [5, 5.41) is 16.7. The van der Waals surface area contributed by atoms with E-state index in [9.17, 15) is 27.9 Å². The fraction of sp³-hybridized carbons (Fsp3) is 0.500. The molecule has 3 aromatic rings. The van der Waals surface area contributed by atoms with Crippen molar-refractivity contribution in [2.45, 2.75) is 70.9 Å². The minimum atomic E-state index is -4.90. The second kappa shape index (κ2) is 11.8. The molecule has 2 aliphatic rings. The van der Waals surface area contributed by atoms with Crippen molar-refractivity contribution in [3.63, 3.8) is 0 Å². The van der Waals surface area contributed by atoms with Crippen molar-refractivity contribution >= 4 is 23.7 Å². The summed E-state index contributed by atoms with van der Waals surface area (Å²) in [5.41, 5.74) is 5.21. The minimum Gasteiger partial charge on any atom is -0.480 e. The molecule has 0 aliphatic carbocycles. The van der Waals surface area contributed by atoms with Crippen LogP contribution in [0.25, 0.3) is 5.69 Å². The summed E-state index contributed by atoms with van der Waals surface area (Å²) in [7, 11) is 0. The van der Waals surface area contributed by atoms with Gasteiger partial charge in [0.2, 0.25) is 17.9 Å². The van der Waals surface area contributed by atoms with Gasteiger partial charge in [-0.2, -0.15) is 28.2 Å². The van der Waals surface area contributed by atoms with E-state index in [0.29, 0.717) is 50.4 Å². The number of alkyl halides is 3. The van der Waals surface area contributed by atoms with Crippen LogP contribution in [0.3, 0.4) is 0 Å². The zero-order valence-electron chi connectivity index (χ0n) is 25.4. The molecule has 242 valence electrons. The van der Waals surface area contributed by atoms with E-state index in [0.717, 1.165) is 0 Å². The number of piperidine rings is 1. The van der Waals surface area contributed by atoms with Crippen LogP contribution < -0.4 is 20.7 Å². The number of hydrogen-bond donors (Lipinski definition) is 3. The van der Waals surface area contributed by atoms with Crippen LogP contribution in [-0.4, -0.2) is 74.2 Å². The molecule has 2 atom stereocenters. The standard InChI is InChI=1S/C30H36F3N7O5/c1-17-7-10-40(38-17)21-13-18(26(43)45-28(2,3)4)5-6-19(21)24(30(31,32)33)44-23-14-22(36-27(34)37-23)39-11-8-29(9-12-39)15-20(25(41)42)35-16-29/h5-7,10,13-14,20,24,35H,8-9,11-12,15-16H2,1-4H3,(H,41,42)(H2,34,36,37)/t20?,24-/m1/s1. The number of carboxylic acids is 1. The van der Waals surface area contributed by atoms with Gasteiger partial charge in [-0.1, -0.05) is 6.07 Å². The van der Waals surface area contributed by atoms with Gasteiger partial charge >= 0.3 is 18.1 Å². The molecule has 1 unspecified atom stereocenters. The van der Waals surface area contributed by atoms with Gasteiger partial charge in [0.15, 0.2) is 0 Å². The number of nitrogens with zero attached hydrogens (tertiary/aromatic N) is 5. The lowest BCUT2D eigenvalue weighted by atomic mass is 9.76. The second-order valence-corrected chi connectivity index (χ2v) is 12.6. The lowest BCUT2D eigenvalue weighted by Gasteiger charge is -2.39. The zero-order chi connectivity index (χ0) is 32.7. The highest BCUT2D eigenvalue weighted by molar-refractivity contribution is 5.90. The molecule has 4 N–H and O–H groups in total. The molecule has 0 radical (unpaired) electrons. The Labute approximate surface area is 257 Å². The number of halogens is 3. The van der Waals surface area contributed by atoms with Gasteiger partial charge in [-0.15, -0.1) is 0 Å². The molecule has 15 heteroatoms. The molecule has 1 spiro atoms. The molecule has 2 fully saturated rings. The van der Waals surface area contributed by atoms with Gasteiger partial charge in [-0.3, -0.25) is 4.79 Å². The number of aromatic nitrogens is 4. The van der Waals surface area contributed by atoms with Crippen LogP contribution in [0, 0.1) is 12.3 Å². The van der Waals surface area contributed by atoms with Crippen molar-refractivity contribution < 1.29 is 37.3 Å². The van der Waals surface area contributed by atoms with E-state index in [-0.39, 0.29) is 34.1 Å². The lowest BCUT2D eigenvalue weighted by molar-refractivity contribution is -0.198. The summed E-state index contributed by atoms with van der Waals surface area (Å²) in [6.07, 6.45) is -4.07. The first-order chi connectivity index (χ1) is 21.0. The van der Waals surface area contributed by atoms with Gasteiger partial charge in [0.1, 0.15) is 17.5 Å². The van der Waals surface area contributed by atoms with E-state index in [1.165, 1.54) is 35.1 Å². The summed E-state index contributed by atoms with van der Waals surface area (Å²) in [5.74, 6) is -1.93. The number of nitrogens with one attached hydrogen (secondary N) is 1. The van der Waals surface area contributed by atoms with Crippen LogP contribution in [0.4, 0.5) is 24.9 Å². The second-order valence-electron chi connectivity index (χ2n) is 12.6. The van der Waals surface area contributed by atoms with E-state index in [4.69, 9.17) is 15.2 Å². The predicted molar refractivity (Wildman–Crippen MR) is 157 cm³/mol. The first kappa shape index (κ1) is 32.0. The monoisotopic (exact) mass is 631 g/mol. The van der Waals surface area contributed by atoms with E-state index in [2.05, 4.69) is 20.4 Å². The Kier molecular flexibility index (Phi) is 8.42. The van der Waals surface area contributed by atoms with Crippen molar-refractivity contribution in [1.29, 1.82) is 0 Å². The van der Waals surface area contributed by atoms with Crippen LogP contribution >= 0.6 is 0 Å². The molecule has 4 heterocycles. The number of anilines is 2. The number of carbonyl (C=O) groups is 2. The first-order valence-electron chi connectivity index (χ1n) is 14.5. The summed E-state index contributed by atoms with van der Waals surface area (Å²) in [4.78, 5) is 34.3. The Hall–Kier alpha value is -4.40. The molecule has 45 heavy (non-hydrogen) atoms. The molecule has 2 aromatic heterocycles. The van der Waals surface area contributed by atoms with Crippen molar-refractivity contribution in [2.24, 2.45) is 5.41 Å². The Morgan fingerprint density at radius 2 is 1.84 bits per heavy atom. The number of nitrogens with two attached hydrogens (primary N) is 1. The van der Waals surface area contributed by atoms with Crippen molar-refractivity contribution in [2.75, 3.05) is 30.3 Å². The number of carboxylic acid groups (broad SMARTS) is 1. The fourth-order valence-corrected chi connectivity index (χ4v) is 5.74. The van der Waals surface area contributed by atoms with Gasteiger partial charge in [-0.25, -0.2) is 9.48 Å². The Morgan fingerprint density at radius 3 is 2.42 bits per heavy atom. The molecular weight excluding hydrogens is 595 g/mol. The summed E-state index contributed by atoms with van der Waals surface area (Å²) >= 11 is 0. The Bertz CT molecular complexity index is 1580. The molecular formula is C30H36F3N7O5. The quantitative estimate of drug-likeness (QED) is 0.321. The van der Waals surface area contributed by atoms with E-state index in [1.54, 1.807) is 33.8 Å². The normalized spacial score (nSPS) is 19.0. The third-order valence-corrected chi connectivity index (χ3v) is 7.97. The van der Waals surface area contributed by atoms with Crippen LogP contribution in [0.1, 0.15) is 67.8 Å². The van der Waals surface area contributed by atoms with Gasteiger partial charge in [0.25, 0.3) is 0 Å². The maximum Gasteiger partial charge on any atom is 0.429 e. The van der Waals surface area contributed by atoms with E-state index in [1.807, 2.05) is 4.90 Å². The number of rotatable bonds is 7. The minimum absolute atomic E-state index is 0.0257.